The molecule has 1 aliphatic heterocycles. The molecule has 1 unspecified atom stereocenters. The molecule has 1 fully saturated rings. The Labute approximate surface area is 183 Å². The van der Waals surface area contributed by atoms with Crippen molar-refractivity contribution in [2.75, 3.05) is 25.0 Å². The zero-order valence-corrected chi connectivity index (χ0v) is 19.5. The van der Waals surface area contributed by atoms with Crippen LogP contribution in [0.3, 0.4) is 0 Å². The summed E-state index contributed by atoms with van der Waals surface area (Å²) in [6, 6.07) is 8.99. The Kier molecular flexibility index (Phi) is 8.82. The highest BCUT2D eigenvalue weighted by atomic mass is 127. The van der Waals surface area contributed by atoms with Crippen molar-refractivity contribution in [1.29, 1.82) is 0 Å². The molecule has 5 nitrogen and oxygen atoms in total. The molecule has 27 heavy (non-hydrogen) atoms. The third-order valence-electron chi connectivity index (χ3n) is 4.61. The van der Waals surface area contributed by atoms with Gasteiger partial charge in [-0.05, 0) is 50.5 Å². The Hall–Kier alpha value is -1.35. The minimum Gasteiger partial charge on any atom is -0.357 e. The molecule has 3 rings (SSSR count). The summed E-state index contributed by atoms with van der Waals surface area (Å²) in [5, 5.41) is 6.85. The summed E-state index contributed by atoms with van der Waals surface area (Å²) in [6.45, 7) is 7.31. The Morgan fingerprint density at radius 3 is 2.63 bits per heavy atom. The van der Waals surface area contributed by atoms with Crippen LogP contribution in [0.5, 0.6) is 0 Å². The zero-order valence-electron chi connectivity index (χ0n) is 16.4. The van der Waals surface area contributed by atoms with Crippen molar-refractivity contribution >= 4 is 47.1 Å². The molecule has 0 aromatic carbocycles. The number of nitrogens with one attached hydrogen (secondary N) is 2. The molecule has 3 heterocycles. The molecule has 1 atom stereocenters. The van der Waals surface area contributed by atoms with Gasteiger partial charge in [0.05, 0.1) is 0 Å². The molecule has 0 bridgehead atoms. The van der Waals surface area contributed by atoms with Gasteiger partial charge in [-0.25, -0.2) is 4.98 Å². The molecule has 0 radical (unpaired) electrons. The van der Waals surface area contributed by atoms with E-state index in [1.807, 2.05) is 24.6 Å². The normalized spacial score (nSPS) is 15.4. The fraction of sp³-hybridized carbons (Fsp3) is 0.500. The van der Waals surface area contributed by atoms with Crippen molar-refractivity contribution in [2.24, 2.45) is 4.99 Å². The van der Waals surface area contributed by atoms with Gasteiger partial charge in [-0.1, -0.05) is 6.07 Å². The van der Waals surface area contributed by atoms with Gasteiger partial charge < -0.3 is 15.5 Å². The van der Waals surface area contributed by atoms with E-state index < -0.39 is 0 Å². The van der Waals surface area contributed by atoms with E-state index in [0.29, 0.717) is 6.04 Å². The van der Waals surface area contributed by atoms with E-state index in [4.69, 9.17) is 0 Å². The standard InChI is InChI=1S/C20H29N5S.HI/c1-15(12-18-8-6-16(2)26-18)24-20(21-3)23-14-17-7-9-19(22-13-17)25-10-4-5-11-25;/h6-9,13,15H,4-5,10-12,14H2,1-3H3,(H2,21,23,24);1H. The van der Waals surface area contributed by atoms with Crippen molar-refractivity contribution in [1.82, 2.24) is 15.6 Å². The fourth-order valence-electron chi connectivity index (χ4n) is 3.22. The minimum absolute atomic E-state index is 0. The van der Waals surface area contributed by atoms with E-state index in [1.165, 1.54) is 22.6 Å². The van der Waals surface area contributed by atoms with Crippen molar-refractivity contribution in [3.05, 3.63) is 45.8 Å². The summed E-state index contributed by atoms with van der Waals surface area (Å²) in [6.07, 6.45) is 5.52. The van der Waals surface area contributed by atoms with Crippen LogP contribution >= 0.6 is 35.3 Å². The first-order valence-corrected chi connectivity index (χ1v) is 10.2. The molecule has 1 aliphatic rings. The summed E-state index contributed by atoms with van der Waals surface area (Å²) in [5.74, 6) is 1.92. The maximum absolute atomic E-state index is 4.61. The molecule has 0 aliphatic carbocycles. The Balaban J connectivity index is 0.00000261. The van der Waals surface area contributed by atoms with Crippen molar-refractivity contribution < 1.29 is 0 Å². The highest BCUT2D eigenvalue weighted by molar-refractivity contribution is 14.0. The van der Waals surface area contributed by atoms with E-state index in [2.05, 4.69) is 63.6 Å². The summed E-state index contributed by atoms with van der Waals surface area (Å²) in [4.78, 5) is 14.1. The number of halogens is 1. The zero-order chi connectivity index (χ0) is 18.4. The van der Waals surface area contributed by atoms with Crippen molar-refractivity contribution in [2.45, 2.75) is 45.7 Å². The van der Waals surface area contributed by atoms with Crippen LogP contribution in [0.25, 0.3) is 0 Å². The molecule has 1 saturated heterocycles. The predicted molar refractivity (Wildman–Crippen MR) is 127 cm³/mol. The third kappa shape index (κ3) is 6.64. The summed E-state index contributed by atoms with van der Waals surface area (Å²) in [7, 11) is 1.81. The molecule has 0 saturated carbocycles. The molecule has 2 aromatic heterocycles. The third-order valence-corrected chi connectivity index (χ3v) is 5.63. The molecule has 2 N–H and O–H groups in total. The number of guanidine groups is 1. The summed E-state index contributed by atoms with van der Waals surface area (Å²) in [5.41, 5.74) is 1.16. The second-order valence-electron chi connectivity index (χ2n) is 6.91. The number of hydrogen-bond donors (Lipinski definition) is 2. The molecule has 0 amide bonds. The SMILES string of the molecule is CN=C(NCc1ccc(N2CCCC2)nc1)NC(C)Cc1ccc(C)s1.I. The fourth-order valence-corrected chi connectivity index (χ4v) is 4.24. The number of pyridine rings is 1. The number of thiophene rings is 1. The first-order chi connectivity index (χ1) is 12.6. The minimum atomic E-state index is 0. The monoisotopic (exact) mass is 499 g/mol. The molecule has 7 heteroatoms. The second kappa shape index (κ2) is 10.8. The van der Waals surface area contributed by atoms with Crippen LogP contribution in [0, 0.1) is 6.92 Å². The van der Waals surface area contributed by atoms with Gasteiger partial charge in [0.2, 0.25) is 0 Å². The van der Waals surface area contributed by atoms with Crippen LogP contribution in [-0.2, 0) is 13.0 Å². The lowest BCUT2D eigenvalue weighted by atomic mass is 10.2. The molecular formula is C20H30IN5S. The van der Waals surface area contributed by atoms with Gasteiger partial charge in [-0.15, -0.1) is 35.3 Å². The van der Waals surface area contributed by atoms with Gasteiger partial charge in [0.15, 0.2) is 5.96 Å². The largest absolute Gasteiger partial charge is 0.357 e. The van der Waals surface area contributed by atoms with Crippen LogP contribution in [0.15, 0.2) is 35.5 Å². The van der Waals surface area contributed by atoms with Crippen LogP contribution in [-0.4, -0.2) is 37.1 Å². The predicted octanol–water partition coefficient (Wildman–Crippen LogP) is 3.97. The first kappa shape index (κ1) is 21.9. The maximum atomic E-state index is 4.61. The van der Waals surface area contributed by atoms with Gasteiger partial charge in [0.1, 0.15) is 5.82 Å². The topological polar surface area (TPSA) is 52.6 Å². The highest BCUT2D eigenvalue weighted by Gasteiger charge is 2.13. The Bertz CT molecular complexity index is 722. The van der Waals surface area contributed by atoms with Gasteiger partial charge >= 0.3 is 0 Å². The Morgan fingerprint density at radius 1 is 1.26 bits per heavy atom. The molecular weight excluding hydrogens is 469 g/mol. The smallest absolute Gasteiger partial charge is 0.191 e. The second-order valence-corrected chi connectivity index (χ2v) is 8.28. The first-order valence-electron chi connectivity index (χ1n) is 9.36. The van der Waals surface area contributed by atoms with Crippen LogP contribution in [0.2, 0.25) is 0 Å². The van der Waals surface area contributed by atoms with E-state index in [-0.39, 0.29) is 24.0 Å². The van der Waals surface area contributed by atoms with Gasteiger partial charge in [-0.3, -0.25) is 4.99 Å². The Morgan fingerprint density at radius 2 is 2.04 bits per heavy atom. The molecule has 0 spiro atoms. The number of aliphatic imine (C=N–C) groups is 1. The molecule has 148 valence electrons. The van der Waals surface area contributed by atoms with E-state index >= 15 is 0 Å². The van der Waals surface area contributed by atoms with Crippen molar-refractivity contribution in [3.8, 4) is 0 Å². The number of anilines is 1. The number of aryl methyl sites for hydroxylation is 1. The van der Waals surface area contributed by atoms with E-state index in [0.717, 1.165) is 43.4 Å². The van der Waals surface area contributed by atoms with Crippen LogP contribution in [0.1, 0.15) is 35.1 Å². The lowest BCUT2D eigenvalue weighted by Crippen LogP contribution is -2.42. The quantitative estimate of drug-likeness (QED) is 0.359. The molecule has 2 aromatic rings. The van der Waals surface area contributed by atoms with Crippen molar-refractivity contribution in [3.63, 3.8) is 0 Å². The van der Waals surface area contributed by atoms with E-state index in [1.54, 1.807) is 0 Å². The lowest BCUT2D eigenvalue weighted by molar-refractivity contribution is 0.644. The number of rotatable bonds is 6. The van der Waals surface area contributed by atoms with Crippen LogP contribution in [0.4, 0.5) is 5.82 Å². The number of nitrogens with zero attached hydrogens (tertiary/aromatic N) is 3. The van der Waals surface area contributed by atoms with Gasteiger partial charge in [0, 0.05) is 55.1 Å². The summed E-state index contributed by atoms with van der Waals surface area (Å²) < 4.78 is 0. The number of hydrogen-bond acceptors (Lipinski definition) is 4. The van der Waals surface area contributed by atoms with Gasteiger partial charge in [-0.2, -0.15) is 0 Å². The number of aromatic nitrogens is 1. The van der Waals surface area contributed by atoms with E-state index in [9.17, 15) is 0 Å². The average molecular weight is 499 g/mol. The van der Waals surface area contributed by atoms with Crippen LogP contribution < -0.4 is 15.5 Å². The van der Waals surface area contributed by atoms with Gasteiger partial charge in [0.25, 0.3) is 0 Å². The highest BCUT2D eigenvalue weighted by Crippen LogP contribution is 2.18. The summed E-state index contributed by atoms with van der Waals surface area (Å²) >= 11 is 1.86. The maximum Gasteiger partial charge on any atom is 0.191 e. The lowest BCUT2D eigenvalue weighted by Gasteiger charge is -2.18. The average Bonchev–Trinajstić information content (AvgIpc) is 3.31.